The number of alkyl carbamates (subject to hydrolysis) is 1. The van der Waals surface area contributed by atoms with Crippen LogP contribution in [0.5, 0.6) is 0 Å². The van der Waals surface area contributed by atoms with Crippen LogP contribution >= 0.6 is 0 Å². The van der Waals surface area contributed by atoms with Crippen molar-refractivity contribution in [1.29, 1.82) is 0 Å². The molecule has 2 N–H and O–H groups in total. The summed E-state index contributed by atoms with van der Waals surface area (Å²) in [6.45, 7) is 5.77. The van der Waals surface area contributed by atoms with Crippen molar-refractivity contribution in [1.82, 2.24) is 10.2 Å². The molecule has 1 heterocycles. The van der Waals surface area contributed by atoms with Crippen molar-refractivity contribution < 1.29 is 24.2 Å². The number of carbonyl (C=O) groups is 3. The highest BCUT2D eigenvalue weighted by Crippen LogP contribution is 2.25. The fourth-order valence-corrected chi connectivity index (χ4v) is 2.45. The van der Waals surface area contributed by atoms with Crippen LogP contribution in [0.15, 0.2) is 0 Å². The van der Waals surface area contributed by atoms with Crippen molar-refractivity contribution in [3.8, 4) is 0 Å². The summed E-state index contributed by atoms with van der Waals surface area (Å²) in [5.41, 5.74) is 0. The summed E-state index contributed by atoms with van der Waals surface area (Å²) >= 11 is 0. The molecular weight excluding hydrogens is 264 g/mol. The van der Waals surface area contributed by atoms with Gasteiger partial charge in [0.25, 0.3) is 0 Å². The van der Waals surface area contributed by atoms with E-state index in [1.54, 1.807) is 13.8 Å². The zero-order chi connectivity index (χ0) is 15.4. The lowest BCUT2D eigenvalue weighted by Gasteiger charge is -2.29. The smallest absolute Gasteiger partial charge is 0.407 e. The topological polar surface area (TPSA) is 95.9 Å². The van der Waals surface area contributed by atoms with Crippen molar-refractivity contribution >= 4 is 18.0 Å². The zero-order valence-electron chi connectivity index (χ0n) is 12.3. The van der Waals surface area contributed by atoms with Gasteiger partial charge in [-0.15, -0.1) is 0 Å². The predicted octanol–water partition coefficient (Wildman–Crippen LogP) is 0.689. The molecule has 1 fully saturated rings. The summed E-state index contributed by atoms with van der Waals surface area (Å²) in [6, 6.07) is -1.61. The minimum absolute atomic E-state index is 0.0950. The number of carbonyl (C=O) groups excluding carboxylic acids is 2. The summed E-state index contributed by atoms with van der Waals surface area (Å²) in [4.78, 5) is 36.4. The first-order chi connectivity index (χ1) is 9.29. The van der Waals surface area contributed by atoms with Gasteiger partial charge in [-0.25, -0.2) is 9.59 Å². The predicted molar refractivity (Wildman–Crippen MR) is 71.1 cm³/mol. The molecule has 0 spiro atoms. The summed E-state index contributed by atoms with van der Waals surface area (Å²) in [5, 5.41) is 11.7. The van der Waals surface area contributed by atoms with Crippen LogP contribution in [-0.4, -0.2) is 53.7 Å². The Hall–Kier alpha value is -1.79. The quantitative estimate of drug-likeness (QED) is 0.792. The van der Waals surface area contributed by atoms with Crippen LogP contribution in [0.3, 0.4) is 0 Å². The summed E-state index contributed by atoms with van der Waals surface area (Å²) in [6.07, 6.45) is -0.0534. The molecule has 7 nitrogen and oxygen atoms in total. The van der Waals surface area contributed by atoms with Crippen molar-refractivity contribution in [3.05, 3.63) is 0 Å². The summed E-state index contributed by atoms with van der Waals surface area (Å²) in [5.74, 6) is -1.64. The lowest BCUT2D eigenvalue weighted by molar-refractivity contribution is -0.150. The number of rotatable bonds is 4. The third-order valence-corrected chi connectivity index (χ3v) is 3.63. The van der Waals surface area contributed by atoms with Gasteiger partial charge < -0.3 is 20.1 Å². The molecule has 0 aromatic heterocycles. The Bertz CT molecular complexity index is 396. The van der Waals surface area contributed by atoms with Crippen molar-refractivity contribution in [2.24, 2.45) is 11.8 Å². The highest BCUT2D eigenvalue weighted by molar-refractivity contribution is 5.90. The van der Waals surface area contributed by atoms with E-state index in [1.807, 2.05) is 6.92 Å². The van der Waals surface area contributed by atoms with E-state index in [9.17, 15) is 19.5 Å². The molecule has 0 aliphatic carbocycles. The summed E-state index contributed by atoms with van der Waals surface area (Å²) in [7, 11) is 1.22. The average Bonchev–Trinajstić information content (AvgIpc) is 2.76. The Morgan fingerprint density at radius 3 is 2.40 bits per heavy atom. The zero-order valence-corrected chi connectivity index (χ0v) is 12.3. The van der Waals surface area contributed by atoms with E-state index >= 15 is 0 Å². The van der Waals surface area contributed by atoms with Gasteiger partial charge in [-0.05, 0) is 18.3 Å². The SMILES string of the molecule is COC(=O)NC(C(=O)N1CCC(C)C1C(=O)O)C(C)C. The number of nitrogens with one attached hydrogen (secondary N) is 1. The second kappa shape index (κ2) is 6.58. The Morgan fingerprint density at radius 1 is 1.35 bits per heavy atom. The standard InChI is InChI=1S/C13H22N2O5/c1-7(2)9(14-13(19)20-4)11(16)15-6-5-8(3)10(15)12(17)18/h7-10H,5-6H2,1-4H3,(H,14,19)(H,17,18). The number of carboxylic acids is 1. The molecule has 0 aromatic carbocycles. The third kappa shape index (κ3) is 3.40. The molecule has 1 saturated heterocycles. The molecule has 0 radical (unpaired) electrons. The lowest BCUT2D eigenvalue weighted by Crippen LogP contribution is -2.54. The number of carboxylic acid groups (broad SMARTS) is 1. The molecule has 114 valence electrons. The number of methoxy groups -OCH3 is 1. The van der Waals surface area contributed by atoms with Crippen LogP contribution < -0.4 is 5.32 Å². The van der Waals surface area contributed by atoms with E-state index in [0.29, 0.717) is 13.0 Å². The number of nitrogens with zero attached hydrogens (tertiary/aromatic N) is 1. The fourth-order valence-electron chi connectivity index (χ4n) is 2.45. The van der Waals surface area contributed by atoms with Crippen molar-refractivity contribution in [2.75, 3.05) is 13.7 Å². The van der Waals surface area contributed by atoms with Crippen LogP contribution in [0.4, 0.5) is 4.79 Å². The molecule has 0 bridgehead atoms. The van der Waals surface area contributed by atoms with E-state index in [2.05, 4.69) is 10.1 Å². The van der Waals surface area contributed by atoms with Gasteiger partial charge in [0, 0.05) is 6.54 Å². The van der Waals surface area contributed by atoms with E-state index in [-0.39, 0.29) is 17.7 Å². The number of aliphatic carboxylic acids is 1. The van der Waals surface area contributed by atoms with E-state index in [4.69, 9.17) is 0 Å². The minimum Gasteiger partial charge on any atom is -0.480 e. The van der Waals surface area contributed by atoms with Gasteiger partial charge in [-0.2, -0.15) is 0 Å². The average molecular weight is 286 g/mol. The van der Waals surface area contributed by atoms with Crippen LogP contribution in [0.25, 0.3) is 0 Å². The first-order valence-electron chi connectivity index (χ1n) is 6.67. The van der Waals surface area contributed by atoms with Gasteiger partial charge in [-0.1, -0.05) is 20.8 Å². The van der Waals surface area contributed by atoms with E-state index in [0.717, 1.165) is 0 Å². The highest BCUT2D eigenvalue weighted by atomic mass is 16.5. The van der Waals surface area contributed by atoms with E-state index < -0.39 is 24.1 Å². The molecule has 3 atom stereocenters. The van der Waals surface area contributed by atoms with Crippen LogP contribution in [0.2, 0.25) is 0 Å². The molecule has 1 aliphatic rings. The van der Waals surface area contributed by atoms with Crippen molar-refractivity contribution in [3.63, 3.8) is 0 Å². The first kappa shape index (κ1) is 16.3. The molecule has 1 rings (SSSR count). The monoisotopic (exact) mass is 286 g/mol. The first-order valence-corrected chi connectivity index (χ1v) is 6.67. The van der Waals surface area contributed by atoms with Gasteiger partial charge >= 0.3 is 12.1 Å². The molecule has 0 saturated carbocycles. The summed E-state index contributed by atoms with van der Waals surface area (Å²) < 4.78 is 4.50. The molecule has 1 aliphatic heterocycles. The van der Waals surface area contributed by atoms with Gasteiger partial charge in [0.1, 0.15) is 12.1 Å². The molecule has 2 amide bonds. The number of amides is 2. The maximum Gasteiger partial charge on any atom is 0.407 e. The molecular formula is C13H22N2O5. The molecule has 0 aromatic rings. The van der Waals surface area contributed by atoms with Gasteiger partial charge in [-0.3, -0.25) is 4.79 Å². The second-order valence-corrected chi connectivity index (χ2v) is 5.44. The fraction of sp³-hybridized carbons (Fsp3) is 0.769. The van der Waals surface area contributed by atoms with Gasteiger partial charge in [0.05, 0.1) is 7.11 Å². The number of hydrogen-bond donors (Lipinski definition) is 2. The van der Waals surface area contributed by atoms with Gasteiger partial charge in [0.2, 0.25) is 5.91 Å². The molecule has 20 heavy (non-hydrogen) atoms. The third-order valence-electron chi connectivity index (χ3n) is 3.63. The maximum atomic E-state index is 12.5. The highest BCUT2D eigenvalue weighted by Gasteiger charge is 2.42. The van der Waals surface area contributed by atoms with E-state index in [1.165, 1.54) is 12.0 Å². The van der Waals surface area contributed by atoms with Crippen LogP contribution in [0, 0.1) is 11.8 Å². The molecule has 7 heteroatoms. The Kier molecular flexibility index (Phi) is 5.35. The minimum atomic E-state index is -1.01. The largest absolute Gasteiger partial charge is 0.480 e. The molecule has 3 unspecified atom stereocenters. The number of ether oxygens (including phenoxy) is 1. The second-order valence-electron chi connectivity index (χ2n) is 5.44. The Morgan fingerprint density at radius 2 is 1.95 bits per heavy atom. The number of hydrogen-bond acceptors (Lipinski definition) is 4. The number of likely N-dealkylation sites (tertiary alicyclic amines) is 1. The van der Waals surface area contributed by atoms with Gasteiger partial charge in [0.15, 0.2) is 0 Å². The normalized spacial score (nSPS) is 23.6. The van der Waals surface area contributed by atoms with Crippen LogP contribution in [0.1, 0.15) is 27.2 Å². The van der Waals surface area contributed by atoms with Crippen LogP contribution in [-0.2, 0) is 14.3 Å². The Labute approximate surface area is 118 Å². The maximum absolute atomic E-state index is 12.5. The lowest BCUT2D eigenvalue weighted by atomic mass is 10.0. The Balaban J connectivity index is 2.89. The van der Waals surface area contributed by atoms with Crippen molar-refractivity contribution in [2.45, 2.75) is 39.3 Å².